The molecule has 4 aromatic rings. The highest BCUT2D eigenvalue weighted by atomic mass is 32.1. The summed E-state index contributed by atoms with van der Waals surface area (Å²) in [7, 11) is 0. The lowest BCUT2D eigenvalue weighted by Crippen LogP contribution is -2.39. The average molecular weight is 570 g/mol. The van der Waals surface area contributed by atoms with Gasteiger partial charge >= 0.3 is 5.97 Å². The first-order valence-electron chi connectivity index (χ1n) is 13.0. The highest BCUT2D eigenvalue weighted by molar-refractivity contribution is 7.07. The van der Waals surface area contributed by atoms with Crippen molar-refractivity contribution < 1.29 is 19.2 Å². The van der Waals surface area contributed by atoms with Gasteiger partial charge in [-0.3, -0.25) is 19.5 Å². The third-order valence-electron chi connectivity index (χ3n) is 6.64. The molecule has 0 bridgehead atoms. The van der Waals surface area contributed by atoms with Gasteiger partial charge in [0.1, 0.15) is 12.4 Å². The average Bonchev–Trinajstić information content (AvgIpc) is 3.26. The lowest BCUT2D eigenvalue weighted by atomic mass is 9.95. The van der Waals surface area contributed by atoms with Crippen LogP contribution in [0.15, 0.2) is 93.9 Å². The van der Waals surface area contributed by atoms with Crippen LogP contribution in [0.2, 0.25) is 0 Å². The van der Waals surface area contributed by atoms with Gasteiger partial charge in [0.15, 0.2) is 4.80 Å². The topological polar surface area (TPSA) is 113 Å². The van der Waals surface area contributed by atoms with Crippen molar-refractivity contribution in [2.24, 2.45) is 4.99 Å². The number of nitro groups is 1. The Bertz CT molecular complexity index is 1820. The van der Waals surface area contributed by atoms with Gasteiger partial charge < -0.3 is 9.47 Å². The van der Waals surface area contributed by atoms with E-state index >= 15 is 0 Å². The number of fused-ring (bicyclic) bond motifs is 1. The zero-order valence-corrected chi connectivity index (χ0v) is 23.5. The van der Waals surface area contributed by atoms with Gasteiger partial charge in [0.25, 0.3) is 11.2 Å². The van der Waals surface area contributed by atoms with Crippen molar-refractivity contribution in [1.29, 1.82) is 0 Å². The SMILES string of the molecule is CCOC(=O)C1=C(C)N=c2s/c(=C\c3ccc(OCc4ccc([N+](=O)[O-])cc4)cc3)c(=O)n2[C@@H]1c1ccc(C)cc1. The number of non-ortho nitro benzene ring substituents is 1. The molecule has 0 radical (unpaired) electrons. The zero-order valence-electron chi connectivity index (χ0n) is 22.7. The number of aryl methyl sites for hydroxylation is 1. The number of carbonyl (C=O) groups excluding carboxylic acids is 1. The highest BCUT2D eigenvalue weighted by Crippen LogP contribution is 2.30. The van der Waals surface area contributed by atoms with Gasteiger partial charge in [0.05, 0.1) is 33.4 Å². The number of benzene rings is 3. The summed E-state index contributed by atoms with van der Waals surface area (Å²) in [6.45, 7) is 5.97. The van der Waals surface area contributed by atoms with E-state index in [0.29, 0.717) is 26.4 Å². The molecule has 1 aromatic heterocycles. The standard InChI is InChI=1S/C31H27N3O6S/c1-4-39-30(36)27-20(3)32-31-33(28(27)23-11-5-19(2)6-12-23)29(35)26(41-31)17-21-9-15-25(16-10-21)40-18-22-7-13-24(14-8-22)34(37)38/h5-17,28H,4,18H2,1-3H3/b26-17-/t28-/m1/s1. The van der Waals surface area contributed by atoms with Gasteiger partial charge in [-0.15, -0.1) is 0 Å². The van der Waals surface area contributed by atoms with E-state index in [0.717, 1.165) is 22.3 Å². The molecule has 9 nitrogen and oxygen atoms in total. The van der Waals surface area contributed by atoms with Crippen LogP contribution in [0.3, 0.4) is 0 Å². The predicted molar refractivity (Wildman–Crippen MR) is 155 cm³/mol. The van der Waals surface area contributed by atoms with Crippen molar-refractivity contribution in [1.82, 2.24) is 4.57 Å². The number of hydrogen-bond donors (Lipinski definition) is 0. The Kier molecular flexibility index (Phi) is 7.93. The van der Waals surface area contributed by atoms with Crippen LogP contribution in [0.5, 0.6) is 5.75 Å². The van der Waals surface area contributed by atoms with Gasteiger partial charge in [-0.05, 0) is 67.8 Å². The number of allylic oxidation sites excluding steroid dienone is 1. The maximum Gasteiger partial charge on any atom is 0.338 e. The summed E-state index contributed by atoms with van der Waals surface area (Å²) in [5, 5.41) is 10.8. The van der Waals surface area contributed by atoms with Crippen molar-refractivity contribution in [2.45, 2.75) is 33.4 Å². The molecule has 0 amide bonds. The number of thiazole rings is 1. The van der Waals surface area contributed by atoms with E-state index in [4.69, 9.17) is 9.47 Å². The fourth-order valence-electron chi connectivity index (χ4n) is 4.55. The van der Waals surface area contributed by atoms with Crippen molar-refractivity contribution >= 4 is 29.1 Å². The second kappa shape index (κ2) is 11.7. The van der Waals surface area contributed by atoms with Gasteiger partial charge in [-0.25, -0.2) is 9.79 Å². The maximum atomic E-state index is 13.7. The minimum absolute atomic E-state index is 0.0286. The molecule has 2 heterocycles. The molecule has 208 valence electrons. The fourth-order valence-corrected chi connectivity index (χ4v) is 5.59. The number of ether oxygens (including phenoxy) is 2. The first kappa shape index (κ1) is 27.7. The van der Waals surface area contributed by atoms with Crippen molar-refractivity contribution in [3.63, 3.8) is 0 Å². The molecular weight excluding hydrogens is 542 g/mol. The number of carbonyl (C=O) groups is 1. The summed E-state index contributed by atoms with van der Waals surface area (Å²) in [5.74, 6) is 0.133. The van der Waals surface area contributed by atoms with E-state index in [1.165, 1.54) is 23.5 Å². The molecule has 1 aliphatic heterocycles. The molecule has 0 fully saturated rings. The van der Waals surface area contributed by atoms with E-state index in [1.54, 1.807) is 48.8 Å². The molecule has 10 heteroatoms. The minimum Gasteiger partial charge on any atom is -0.489 e. The van der Waals surface area contributed by atoms with Crippen LogP contribution in [0, 0.1) is 17.0 Å². The number of nitro benzene ring substituents is 1. The summed E-state index contributed by atoms with van der Waals surface area (Å²) in [6, 6.07) is 20.6. The highest BCUT2D eigenvalue weighted by Gasteiger charge is 2.33. The van der Waals surface area contributed by atoms with Crippen LogP contribution in [-0.2, 0) is 16.1 Å². The first-order valence-corrected chi connectivity index (χ1v) is 13.8. The third-order valence-corrected chi connectivity index (χ3v) is 7.62. The number of aromatic nitrogens is 1. The Hall–Kier alpha value is -4.83. The van der Waals surface area contributed by atoms with E-state index < -0.39 is 16.9 Å². The summed E-state index contributed by atoms with van der Waals surface area (Å²) in [4.78, 5) is 42.2. The van der Waals surface area contributed by atoms with Gasteiger partial charge in [0, 0.05) is 12.1 Å². The molecule has 0 N–H and O–H groups in total. The smallest absolute Gasteiger partial charge is 0.338 e. The molecule has 0 aliphatic carbocycles. The Morgan fingerprint density at radius 2 is 1.73 bits per heavy atom. The van der Waals surface area contributed by atoms with Crippen molar-refractivity contribution in [3.8, 4) is 5.75 Å². The number of nitrogens with zero attached hydrogens (tertiary/aromatic N) is 3. The summed E-state index contributed by atoms with van der Waals surface area (Å²) < 4.78 is 13.2. The summed E-state index contributed by atoms with van der Waals surface area (Å²) >= 11 is 1.27. The second-order valence-corrected chi connectivity index (χ2v) is 10.5. The third kappa shape index (κ3) is 5.87. The van der Waals surface area contributed by atoms with Gasteiger partial charge in [-0.1, -0.05) is 53.3 Å². The maximum absolute atomic E-state index is 13.7. The van der Waals surface area contributed by atoms with Gasteiger partial charge in [0.2, 0.25) is 0 Å². The summed E-state index contributed by atoms with van der Waals surface area (Å²) in [6.07, 6.45) is 1.79. The fraction of sp³-hybridized carbons (Fsp3) is 0.194. The van der Waals surface area contributed by atoms with E-state index in [-0.39, 0.29) is 24.5 Å². The molecule has 0 unspecified atom stereocenters. The molecule has 3 aromatic carbocycles. The Morgan fingerprint density at radius 1 is 1.05 bits per heavy atom. The molecule has 41 heavy (non-hydrogen) atoms. The lowest BCUT2D eigenvalue weighted by molar-refractivity contribution is -0.384. The molecular formula is C31H27N3O6S. The quantitative estimate of drug-likeness (QED) is 0.174. The largest absolute Gasteiger partial charge is 0.489 e. The number of rotatable bonds is 8. The normalized spacial score (nSPS) is 14.8. The second-order valence-electron chi connectivity index (χ2n) is 9.49. The Morgan fingerprint density at radius 3 is 2.37 bits per heavy atom. The van der Waals surface area contributed by atoms with Crippen LogP contribution in [-0.4, -0.2) is 22.1 Å². The van der Waals surface area contributed by atoms with E-state index in [1.807, 2.05) is 43.3 Å². The van der Waals surface area contributed by atoms with Crippen molar-refractivity contribution in [2.75, 3.05) is 6.61 Å². The van der Waals surface area contributed by atoms with Crippen molar-refractivity contribution in [3.05, 3.63) is 136 Å². The minimum atomic E-state index is -0.650. The number of esters is 1. The van der Waals surface area contributed by atoms with Crippen LogP contribution < -0.4 is 19.6 Å². The van der Waals surface area contributed by atoms with Crippen LogP contribution >= 0.6 is 11.3 Å². The molecule has 0 saturated heterocycles. The predicted octanol–water partition coefficient (Wildman–Crippen LogP) is 4.59. The Balaban J connectivity index is 1.44. The van der Waals surface area contributed by atoms with Crippen LogP contribution in [0.25, 0.3) is 6.08 Å². The number of hydrogen-bond acceptors (Lipinski definition) is 8. The lowest BCUT2D eigenvalue weighted by Gasteiger charge is -2.24. The van der Waals surface area contributed by atoms with Crippen LogP contribution in [0.1, 0.15) is 42.1 Å². The molecule has 1 aliphatic rings. The molecule has 0 saturated carbocycles. The molecule has 5 rings (SSSR count). The Labute approximate surface area is 239 Å². The molecule has 0 spiro atoms. The first-order chi connectivity index (χ1) is 19.7. The summed E-state index contributed by atoms with van der Waals surface area (Å²) in [5.41, 5.74) is 4.14. The van der Waals surface area contributed by atoms with E-state index in [9.17, 15) is 19.7 Å². The zero-order chi connectivity index (χ0) is 29.1. The van der Waals surface area contributed by atoms with E-state index in [2.05, 4.69) is 4.99 Å². The molecule has 1 atom stereocenters. The van der Waals surface area contributed by atoms with Gasteiger partial charge in [-0.2, -0.15) is 0 Å². The monoisotopic (exact) mass is 569 g/mol. The van der Waals surface area contributed by atoms with Crippen LogP contribution in [0.4, 0.5) is 5.69 Å².